The number of hydrogen-bond acceptors (Lipinski definition) is 4. The molecule has 0 bridgehead atoms. The number of rotatable bonds is 5. The van der Waals surface area contributed by atoms with E-state index >= 15 is 0 Å². The predicted octanol–water partition coefficient (Wildman–Crippen LogP) is 5.18. The van der Waals surface area contributed by atoms with E-state index in [1.807, 2.05) is 55.5 Å². The monoisotopic (exact) mass is 352 g/mol. The Morgan fingerprint density at radius 3 is 2.22 bits per heavy atom. The summed E-state index contributed by atoms with van der Waals surface area (Å²) in [5.41, 5.74) is 6.45. The Hall–Kier alpha value is -3.53. The first-order valence-electron chi connectivity index (χ1n) is 8.92. The Labute approximate surface area is 159 Å². The van der Waals surface area contributed by atoms with Gasteiger partial charge in [-0.05, 0) is 53.9 Å². The zero-order valence-corrected chi connectivity index (χ0v) is 15.1. The number of benzene rings is 2. The minimum Gasteiger partial charge on any atom is -0.324 e. The molecule has 0 aliphatic carbocycles. The Kier molecular flexibility index (Phi) is 4.88. The normalized spacial score (nSPS) is 10.6. The van der Waals surface area contributed by atoms with Crippen LogP contribution < -0.4 is 5.32 Å². The molecule has 27 heavy (non-hydrogen) atoms. The highest BCUT2D eigenvalue weighted by atomic mass is 15.1. The molecule has 0 aliphatic rings. The number of nitrogens with one attached hydrogen (secondary N) is 1. The molecule has 2 aromatic heterocycles. The van der Waals surface area contributed by atoms with E-state index in [-0.39, 0.29) is 0 Å². The minimum absolute atomic E-state index is 0.623. The summed E-state index contributed by atoms with van der Waals surface area (Å²) in [6.45, 7) is 1.99. The van der Waals surface area contributed by atoms with Crippen molar-refractivity contribution in [1.29, 1.82) is 0 Å². The number of aromatic nitrogens is 3. The SMILES string of the molecule is Cc1cc(Cc2ccccc2)nc(Nc2ccc(-c3ccncc3)cc2)n1. The molecule has 0 unspecified atom stereocenters. The molecule has 2 aromatic carbocycles. The zero-order valence-electron chi connectivity index (χ0n) is 15.1. The lowest BCUT2D eigenvalue weighted by Gasteiger charge is -2.09. The van der Waals surface area contributed by atoms with Crippen molar-refractivity contribution < 1.29 is 0 Å². The average Bonchev–Trinajstić information content (AvgIpc) is 2.70. The van der Waals surface area contributed by atoms with E-state index in [0.29, 0.717) is 5.95 Å². The summed E-state index contributed by atoms with van der Waals surface area (Å²) < 4.78 is 0. The molecule has 4 aromatic rings. The van der Waals surface area contributed by atoms with Gasteiger partial charge in [-0.15, -0.1) is 0 Å². The topological polar surface area (TPSA) is 50.7 Å². The fraction of sp³-hybridized carbons (Fsp3) is 0.0870. The van der Waals surface area contributed by atoms with E-state index in [0.717, 1.165) is 34.6 Å². The lowest BCUT2D eigenvalue weighted by atomic mass is 10.1. The molecular formula is C23H20N4. The maximum absolute atomic E-state index is 4.67. The first-order valence-corrected chi connectivity index (χ1v) is 8.92. The fourth-order valence-electron chi connectivity index (χ4n) is 3.00. The van der Waals surface area contributed by atoms with Crippen LogP contribution in [-0.4, -0.2) is 15.0 Å². The average molecular weight is 352 g/mol. The first-order chi connectivity index (χ1) is 13.3. The number of aryl methyl sites for hydroxylation is 1. The van der Waals surface area contributed by atoms with Gasteiger partial charge in [0.05, 0.1) is 5.69 Å². The summed E-state index contributed by atoms with van der Waals surface area (Å²) in [6, 6.07) is 24.6. The van der Waals surface area contributed by atoms with Gasteiger partial charge < -0.3 is 5.32 Å². The van der Waals surface area contributed by atoms with Gasteiger partial charge in [-0.1, -0.05) is 42.5 Å². The van der Waals surface area contributed by atoms with Crippen LogP contribution in [0.3, 0.4) is 0 Å². The maximum Gasteiger partial charge on any atom is 0.227 e. The van der Waals surface area contributed by atoms with Gasteiger partial charge in [0.1, 0.15) is 0 Å². The van der Waals surface area contributed by atoms with E-state index in [9.17, 15) is 0 Å². The predicted molar refractivity (Wildman–Crippen MR) is 109 cm³/mol. The summed E-state index contributed by atoms with van der Waals surface area (Å²) in [5.74, 6) is 0.623. The lowest BCUT2D eigenvalue weighted by molar-refractivity contribution is 1.01. The molecule has 0 atom stereocenters. The molecule has 0 spiro atoms. The molecule has 1 N–H and O–H groups in total. The van der Waals surface area contributed by atoms with Crippen LogP contribution in [0.5, 0.6) is 0 Å². The molecule has 132 valence electrons. The molecule has 0 aliphatic heterocycles. The van der Waals surface area contributed by atoms with Crippen LogP contribution >= 0.6 is 0 Å². The molecule has 0 amide bonds. The van der Waals surface area contributed by atoms with Gasteiger partial charge in [0.2, 0.25) is 5.95 Å². The summed E-state index contributed by atoms with van der Waals surface area (Å²) in [6.07, 6.45) is 4.40. The fourth-order valence-corrected chi connectivity index (χ4v) is 3.00. The smallest absolute Gasteiger partial charge is 0.227 e. The molecule has 4 rings (SSSR count). The number of anilines is 2. The molecule has 4 nitrogen and oxygen atoms in total. The van der Waals surface area contributed by atoms with Gasteiger partial charge in [-0.3, -0.25) is 4.98 Å². The van der Waals surface area contributed by atoms with Gasteiger partial charge in [0.25, 0.3) is 0 Å². The highest BCUT2D eigenvalue weighted by Crippen LogP contribution is 2.22. The Bertz CT molecular complexity index is 1010. The first kappa shape index (κ1) is 16.9. The standard InChI is InChI=1S/C23H20N4/c1-17-15-22(16-18-5-3-2-4-6-18)27-23(25-17)26-21-9-7-19(8-10-21)20-11-13-24-14-12-20/h2-15H,16H2,1H3,(H,25,26,27). The molecule has 4 heteroatoms. The number of nitrogens with zero attached hydrogens (tertiary/aromatic N) is 3. The lowest BCUT2D eigenvalue weighted by Crippen LogP contribution is -2.02. The molecule has 0 fully saturated rings. The Balaban J connectivity index is 1.52. The van der Waals surface area contributed by atoms with Crippen LogP contribution in [0.2, 0.25) is 0 Å². The van der Waals surface area contributed by atoms with Crippen LogP contribution in [0.15, 0.2) is 85.2 Å². The maximum atomic E-state index is 4.67. The van der Waals surface area contributed by atoms with Gasteiger partial charge in [0.15, 0.2) is 0 Å². The third-order valence-corrected chi connectivity index (χ3v) is 4.29. The second-order valence-electron chi connectivity index (χ2n) is 6.42. The molecule has 2 heterocycles. The molecular weight excluding hydrogens is 332 g/mol. The highest BCUT2D eigenvalue weighted by molar-refractivity contribution is 5.66. The van der Waals surface area contributed by atoms with Crippen LogP contribution in [0.1, 0.15) is 17.0 Å². The van der Waals surface area contributed by atoms with Crippen LogP contribution in [-0.2, 0) is 6.42 Å². The van der Waals surface area contributed by atoms with E-state index in [1.165, 1.54) is 5.56 Å². The van der Waals surface area contributed by atoms with Gasteiger partial charge >= 0.3 is 0 Å². The summed E-state index contributed by atoms with van der Waals surface area (Å²) in [5, 5.41) is 3.32. The van der Waals surface area contributed by atoms with Crippen molar-refractivity contribution >= 4 is 11.6 Å². The Morgan fingerprint density at radius 1 is 0.778 bits per heavy atom. The largest absolute Gasteiger partial charge is 0.324 e. The van der Waals surface area contributed by atoms with E-state index in [1.54, 1.807) is 12.4 Å². The van der Waals surface area contributed by atoms with E-state index < -0.39 is 0 Å². The van der Waals surface area contributed by atoms with Gasteiger partial charge in [0, 0.05) is 30.2 Å². The van der Waals surface area contributed by atoms with Crippen molar-refractivity contribution in [3.05, 3.63) is 102 Å². The Morgan fingerprint density at radius 2 is 1.48 bits per heavy atom. The van der Waals surface area contributed by atoms with Gasteiger partial charge in [-0.2, -0.15) is 0 Å². The molecule has 0 saturated carbocycles. The number of pyridine rings is 1. The third-order valence-electron chi connectivity index (χ3n) is 4.29. The van der Waals surface area contributed by atoms with Crippen molar-refractivity contribution in [2.24, 2.45) is 0 Å². The van der Waals surface area contributed by atoms with E-state index in [4.69, 9.17) is 0 Å². The van der Waals surface area contributed by atoms with Crippen molar-refractivity contribution in [3.63, 3.8) is 0 Å². The van der Waals surface area contributed by atoms with Crippen LogP contribution in [0, 0.1) is 6.92 Å². The molecule has 0 radical (unpaired) electrons. The summed E-state index contributed by atoms with van der Waals surface area (Å²) >= 11 is 0. The van der Waals surface area contributed by atoms with E-state index in [2.05, 4.69) is 44.5 Å². The quantitative estimate of drug-likeness (QED) is 0.537. The van der Waals surface area contributed by atoms with Crippen LogP contribution in [0.25, 0.3) is 11.1 Å². The molecule has 0 saturated heterocycles. The summed E-state index contributed by atoms with van der Waals surface area (Å²) in [7, 11) is 0. The number of hydrogen-bond donors (Lipinski definition) is 1. The second kappa shape index (κ2) is 7.79. The zero-order chi connectivity index (χ0) is 18.5. The third kappa shape index (κ3) is 4.36. The van der Waals surface area contributed by atoms with Crippen molar-refractivity contribution in [2.75, 3.05) is 5.32 Å². The summed E-state index contributed by atoms with van der Waals surface area (Å²) in [4.78, 5) is 13.3. The van der Waals surface area contributed by atoms with Gasteiger partial charge in [-0.25, -0.2) is 9.97 Å². The van der Waals surface area contributed by atoms with Crippen molar-refractivity contribution in [2.45, 2.75) is 13.3 Å². The minimum atomic E-state index is 0.623. The van der Waals surface area contributed by atoms with Crippen molar-refractivity contribution in [1.82, 2.24) is 15.0 Å². The highest BCUT2D eigenvalue weighted by Gasteiger charge is 2.05. The second-order valence-corrected chi connectivity index (χ2v) is 6.42. The van der Waals surface area contributed by atoms with Crippen LogP contribution in [0.4, 0.5) is 11.6 Å². The van der Waals surface area contributed by atoms with Crippen molar-refractivity contribution in [3.8, 4) is 11.1 Å².